The van der Waals surface area contributed by atoms with Crippen LogP contribution in [0.5, 0.6) is 0 Å². The summed E-state index contributed by atoms with van der Waals surface area (Å²) in [6, 6.07) is 9.28. The van der Waals surface area contributed by atoms with Gasteiger partial charge in [-0.15, -0.1) is 0 Å². The number of carbonyl (C=O) groups is 1. The van der Waals surface area contributed by atoms with E-state index in [2.05, 4.69) is 0 Å². The Morgan fingerprint density at radius 1 is 1.22 bits per heavy atom. The van der Waals surface area contributed by atoms with Crippen molar-refractivity contribution in [3.8, 4) is 11.1 Å². The Labute approximate surface area is 109 Å². The van der Waals surface area contributed by atoms with Gasteiger partial charge in [0.2, 0.25) is 0 Å². The number of aromatic carboxylic acids is 1. The van der Waals surface area contributed by atoms with E-state index in [9.17, 15) is 9.18 Å². The van der Waals surface area contributed by atoms with Crippen molar-refractivity contribution in [3.63, 3.8) is 0 Å². The van der Waals surface area contributed by atoms with Crippen molar-refractivity contribution in [2.24, 2.45) is 0 Å². The molecule has 18 heavy (non-hydrogen) atoms. The first kappa shape index (κ1) is 12.6. The topological polar surface area (TPSA) is 37.3 Å². The van der Waals surface area contributed by atoms with Gasteiger partial charge in [-0.1, -0.05) is 29.8 Å². The monoisotopic (exact) mass is 264 g/mol. The number of benzene rings is 2. The van der Waals surface area contributed by atoms with E-state index in [4.69, 9.17) is 16.7 Å². The molecule has 4 heteroatoms. The lowest BCUT2D eigenvalue weighted by Gasteiger charge is -2.10. The maximum absolute atomic E-state index is 13.6. The fourth-order valence-corrected chi connectivity index (χ4v) is 2.12. The molecule has 0 heterocycles. The zero-order chi connectivity index (χ0) is 13.3. The van der Waals surface area contributed by atoms with Crippen molar-refractivity contribution >= 4 is 17.6 Å². The van der Waals surface area contributed by atoms with Crippen LogP contribution in [0.4, 0.5) is 4.39 Å². The first-order valence-corrected chi connectivity index (χ1v) is 5.67. The summed E-state index contributed by atoms with van der Waals surface area (Å²) >= 11 is 5.85. The van der Waals surface area contributed by atoms with Gasteiger partial charge in [-0.25, -0.2) is 9.18 Å². The van der Waals surface area contributed by atoms with Crippen LogP contribution in [-0.4, -0.2) is 11.1 Å². The van der Waals surface area contributed by atoms with Crippen LogP contribution >= 0.6 is 11.6 Å². The summed E-state index contributed by atoms with van der Waals surface area (Å²) in [4.78, 5) is 11.1. The minimum Gasteiger partial charge on any atom is -0.478 e. The summed E-state index contributed by atoms with van der Waals surface area (Å²) < 4.78 is 13.6. The van der Waals surface area contributed by atoms with Crippen LogP contribution < -0.4 is 0 Å². The molecule has 0 radical (unpaired) electrons. The molecule has 0 fully saturated rings. The molecular formula is C14H10ClFO2. The summed E-state index contributed by atoms with van der Waals surface area (Å²) in [6.07, 6.45) is 0. The first-order valence-electron chi connectivity index (χ1n) is 5.29. The molecule has 0 saturated carbocycles. The number of hydrogen-bond donors (Lipinski definition) is 1. The molecule has 0 aliphatic rings. The third-order valence-electron chi connectivity index (χ3n) is 2.71. The lowest BCUT2D eigenvalue weighted by molar-refractivity contribution is 0.0693. The zero-order valence-electron chi connectivity index (χ0n) is 9.58. The van der Waals surface area contributed by atoms with E-state index in [0.29, 0.717) is 16.1 Å². The second-order valence-corrected chi connectivity index (χ2v) is 4.36. The van der Waals surface area contributed by atoms with Gasteiger partial charge in [0.15, 0.2) is 0 Å². The second kappa shape index (κ2) is 4.78. The van der Waals surface area contributed by atoms with Crippen molar-refractivity contribution in [2.75, 3.05) is 0 Å². The number of carboxylic acids is 1. The fraction of sp³-hybridized carbons (Fsp3) is 0.0714. The molecule has 1 N–H and O–H groups in total. The summed E-state index contributed by atoms with van der Waals surface area (Å²) in [5, 5.41) is 9.65. The summed E-state index contributed by atoms with van der Waals surface area (Å²) in [6.45, 7) is 1.80. The van der Waals surface area contributed by atoms with Crippen LogP contribution in [0.15, 0.2) is 36.4 Å². The maximum Gasteiger partial charge on any atom is 0.339 e. The van der Waals surface area contributed by atoms with Crippen LogP contribution in [0, 0.1) is 12.7 Å². The SMILES string of the molecule is Cc1cc(Cl)ccc1-c1cccc(F)c1C(=O)O. The van der Waals surface area contributed by atoms with Gasteiger partial charge in [-0.3, -0.25) is 0 Å². The summed E-state index contributed by atoms with van der Waals surface area (Å²) in [5.41, 5.74) is 1.51. The van der Waals surface area contributed by atoms with E-state index in [0.717, 1.165) is 11.6 Å². The minimum atomic E-state index is -1.28. The first-order chi connectivity index (χ1) is 8.50. The average molecular weight is 265 g/mol. The van der Waals surface area contributed by atoms with Crippen LogP contribution in [0.1, 0.15) is 15.9 Å². The van der Waals surface area contributed by atoms with Gasteiger partial charge in [0.25, 0.3) is 0 Å². The van der Waals surface area contributed by atoms with E-state index < -0.39 is 11.8 Å². The minimum absolute atomic E-state index is 0.317. The van der Waals surface area contributed by atoms with Crippen molar-refractivity contribution in [1.29, 1.82) is 0 Å². The van der Waals surface area contributed by atoms with Gasteiger partial charge < -0.3 is 5.11 Å². The predicted octanol–water partition coefficient (Wildman–Crippen LogP) is 4.15. The standard InChI is InChI=1S/C14H10ClFO2/c1-8-7-9(15)5-6-10(8)11-3-2-4-12(16)13(11)14(17)18/h2-7H,1H3,(H,17,18). The van der Waals surface area contributed by atoms with Crippen LogP contribution in [0.2, 0.25) is 5.02 Å². The second-order valence-electron chi connectivity index (χ2n) is 3.93. The molecule has 2 rings (SSSR count). The normalized spacial score (nSPS) is 10.4. The van der Waals surface area contributed by atoms with Gasteiger partial charge in [0, 0.05) is 5.02 Å². The van der Waals surface area contributed by atoms with E-state index in [1.807, 2.05) is 0 Å². The lowest BCUT2D eigenvalue weighted by atomic mass is 9.96. The average Bonchev–Trinajstić information content (AvgIpc) is 2.28. The number of rotatable bonds is 2. The Morgan fingerprint density at radius 2 is 1.94 bits per heavy atom. The highest BCUT2D eigenvalue weighted by atomic mass is 35.5. The van der Waals surface area contributed by atoms with Crippen LogP contribution in [0.25, 0.3) is 11.1 Å². The molecule has 0 aliphatic heterocycles. The molecule has 2 nitrogen and oxygen atoms in total. The van der Waals surface area contributed by atoms with Crippen molar-refractivity contribution < 1.29 is 14.3 Å². The molecule has 0 amide bonds. The smallest absolute Gasteiger partial charge is 0.339 e. The third kappa shape index (κ3) is 2.22. The zero-order valence-corrected chi connectivity index (χ0v) is 10.3. The van der Waals surface area contributed by atoms with Crippen molar-refractivity contribution in [2.45, 2.75) is 6.92 Å². The van der Waals surface area contributed by atoms with E-state index in [-0.39, 0.29) is 5.56 Å². The van der Waals surface area contributed by atoms with Gasteiger partial charge in [0.1, 0.15) is 11.4 Å². The highest BCUT2D eigenvalue weighted by molar-refractivity contribution is 6.30. The largest absolute Gasteiger partial charge is 0.478 e. The molecule has 0 spiro atoms. The molecule has 0 aromatic heterocycles. The van der Waals surface area contributed by atoms with E-state index in [1.54, 1.807) is 31.2 Å². The van der Waals surface area contributed by atoms with E-state index >= 15 is 0 Å². The lowest BCUT2D eigenvalue weighted by Crippen LogP contribution is -2.03. The Morgan fingerprint density at radius 3 is 2.56 bits per heavy atom. The molecular weight excluding hydrogens is 255 g/mol. The van der Waals surface area contributed by atoms with Gasteiger partial charge in [-0.2, -0.15) is 0 Å². The molecule has 2 aromatic rings. The summed E-state index contributed by atoms with van der Waals surface area (Å²) in [5.74, 6) is -2.02. The number of hydrogen-bond acceptors (Lipinski definition) is 1. The van der Waals surface area contributed by atoms with Crippen LogP contribution in [0.3, 0.4) is 0 Å². The quantitative estimate of drug-likeness (QED) is 0.885. The Hall–Kier alpha value is -1.87. The summed E-state index contributed by atoms with van der Waals surface area (Å²) in [7, 11) is 0. The molecule has 0 aliphatic carbocycles. The van der Waals surface area contributed by atoms with Crippen molar-refractivity contribution in [1.82, 2.24) is 0 Å². The molecule has 0 unspecified atom stereocenters. The Balaban J connectivity index is 2.71. The Bertz CT molecular complexity index is 623. The highest BCUT2D eigenvalue weighted by Crippen LogP contribution is 2.30. The molecule has 0 bridgehead atoms. The van der Waals surface area contributed by atoms with Gasteiger partial charge >= 0.3 is 5.97 Å². The molecule has 2 aromatic carbocycles. The number of carboxylic acid groups (broad SMARTS) is 1. The van der Waals surface area contributed by atoms with Gasteiger partial charge in [0.05, 0.1) is 0 Å². The molecule has 0 atom stereocenters. The highest BCUT2D eigenvalue weighted by Gasteiger charge is 2.17. The van der Waals surface area contributed by atoms with Crippen molar-refractivity contribution in [3.05, 3.63) is 58.4 Å². The third-order valence-corrected chi connectivity index (χ3v) is 2.94. The molecule has 0 saturated heterocycles. The Kier molecular flexibility index (Phi) is 3.34. The van der Waals surface area contributed by atoms with E-state index in [1.165, 1.54) is 6.07 Å². The number of aryl methyl sites for hydroxylation is 1. The van der Waals surface area contributed by atoms with Gasteiger partial charge in [-0.05, 0) is 41.8 Å². The fourth-order valence-electron chi connectivity index (χ4n) is 1.90. The predicted molar refractivity (Wildman–Crippen MR) is 68.5 cm³/mol. The molecule has 92 valence electrons. The number of halogens is 2. The maximum atomic E-state index is 13.6. The van der Waals surface area contributed by atoms with Crippen LogP contribution in [-0.2, 0) is 0 Å².